The van der Waals surface area contributed by atoms with E-state index in [9.17, 15) is 10.1 Å². The minimum atomic E-state index is -0.222. The van der Waals surface area contributed by atoms with Crippen LogP contribution in [0.4, 0.5) is 0 Å². The maximum absolute atomic E-state index is 12.6. The maximum atomic E-state index is 12.6. The lowest BCUT2D eigenvalue weighted by molar-refractivity contribution is 1.24. The third kappa shape index (κ3) is 2.98. The lowest BCUT2D eigenvalue weighted by atomic mass is 9.99. The van der Waals surface area contributed by atoms with Crippen LogP contribution in [0.2, 0.25) is 0 Å². The van der Waals surface area contributed by atoms with Crippen LogP contribution in [0.25, 0.3) is 43.6 Å². The van der Waals surface area contributed by atoms with E-state index in [1.807, 2.05) is 49.4 Å². The van der Waals surface area contributed by atoms with Gasteiger partial charge in [0.15, 0.2) is 5.43 Å². The van der Waals surface area contributed by atoms with Gasteiger partial charge in [-0.15, -0.1) is 11.3 Å². The van der Waals surface area contributed by atoms with Crippen molar-refractivity contribution in [2.24, 2.45) is 0 Å². The number of aryl methyl sites for hydroxylation is 1. The van der Waals surface area contributed by atoms with Crippen LogP contribution in [0.15, 0.2) is 65.6 Å². The number of rotatable bonds is 2. The Bertz CT molecular complexity index is 1510. The van der Waals surface area contributed by atoms with Crippen LogP contribution in [-0.2, 0) is 0 Å². The largest absolute Gasteiger partial charge is 0.331 e. The average molecular weight is 394 g/mol. The molecule has 0 atom stereocenters. The summed E-state index contributed by atoms with van der Waals surface area (Å²) >= 11 is 1.64. The molecule has 0 unspecified atom stereocenters. The first-order valence-electron chi connectivity index (χ1n) is 9.02. The van der Waals surface area contributed by atoms with Crippen molar-refractivity contribution in [2.75, 3.05) is 0 Å². The molecule has 0 saturated heterocycles. The Morgan fingerprint density at radius 3 is 2.79 bits per heavy atom. The summed E-state index contributed by atoms with van der Waals surface area (Å²) in [6.07, 6.45) is 1.77. The van der Waals surface area contributed by atoms with Gasteiger partial charge in [-0.25, -0.2) is 4.98 Å². The molecule has 0 amide bonds. The van der Waals surface area contributed by atoms with Gasteiger partial charge in [-0.3, -0.25) is 9.78 Å². The molecule has 5 nitrogen and oxygen atoms in total. The van der Waals surface area contributed by atoms with Gasteiger partial charge in [-0.05, 0) is 48.9 Å². The van der Waals surface area contributed by atoms with Gasteiger partial charge in [0.2, 0.25) is 0 Å². The van der Waals surface area contributed by atoms with Crippen molar-refractivity contribution in [1.29, 1.82) is 5.26 Å². The van der Waals surface area contributed by atoms with Gasteiger partial charge in [-0.1, -0.05) is 12.1 Å². The number of hydrogen-bond donors (Lipinski definition) is 1. The van der Waals surface area contributed by atoms with Gasteiger partial charge in [-0.2, -0.15) is 5.26 Å². The van der Waals surface area contributed by atoms with E-state index in [0.29, 0.717) is 11.0 Å². The number of aromatic amines is 1. The standard InChI is InChI=1S/C23H14N4OS/c1-13-4-7-21(29-13)22-17(14-5-6-19-15(9-14)3-2-8-25-19)11-18-20(28)10-16(12-24)26-23(18)27-22/h2-11H,1H3,(H,26,27,28). The summed E-state index contributed by atoms with van der Waals surface area (Å²) in [6, 6.07) is 19.2. The average Bonchev–Trinajstić information content (AvgIpc) is 3.18. The maximum Gasteiger partial charge on any atom is 0.192 e. The van der Waals surface area contributed by atoms with Crippen molar-refractivity contribution >= 4 is 33.3 Å². The Morgan fingerprint density at radius 2 is 2.00 bits per heavy atom. The van der Waals surface area contributed by atoms with E-state index in [2.05, 4.69) is 22.1 Å². The van der Waals surface area contributed by atoms with Gasteiger partial charge < -0.3 is 4.98 Å². The van der Waals surface area contributed by atoms with Gasteiger partial charge in [0.25, 0.3) is 0 Å². The predicted molar refractivity (Wildman–Crippen MR) is 116 cm³/mol. The lowest BCUT2D eigenvalue weighted by Gasteiger charge is -2.11. The number of nitriles is 1. The Morgan fingerprint density at radius 1 is 1.10 bits per heavy atom. The SMILES string of the molecule is Cc1ccc(-c2nc3[nH]c(C#N)cc(=O)c3cc2-c2ccc3ncccc3c2)s1. The van der Waals surface area contributed by atoms with E-state index >= 15 is 0 Å². The fourth-order valence-corrected chi connectivity index (χ4v) is 4.31. The number of pyridine rings is 3. The summed E-state index contributed by atoms with van der Waals surface area (Å²) in [5, 5.41) is 10.7. The second kappa shape index (κ2) is 6.66. The number of thiophene rings is 1. The van der Waals surface area contributed by atoms with E-state index < -0.39 is 0 Å². The van der Waals surface area contributed by atoms with Gasteiger partial charge in [0.05, 0.1) is 21.5 Å². The highest BCUT2D eigenvalue weighted by molar-refractivity contribution is 7.15. The molecule has 0 spiro atoms. The fraction of sp³-hybridized carbons (Fsp3) is 0.0435. The van der Waals surface area contributed by atoms with Crippen LogP contribution in [0.3, 0.4) is 0 Å². The zero-order valence-electron chi connectivity index (χ0n) is 15.4. The van der Waals surface area contributed by atoms with E-state index in [4.69, 9.17) is 4.98 Å². The van der Waals surface area contributed by atoms with Gasteiger partial charge in [0.1, 0.15) is 17.4 Å². The zero-order valence-corrected chi connectivity index (χ0v) is 16.2. The summed E-state index contributed by atoms with van der Waals surface area (Å²) in [5.41, 5.74) is 3.93. The molecule has 5 aromatic rings. The summed E-state index contributed by atoms with van der Waals surface area (Å²) in [4.78, 5) is 26.9. The monoisotopic (exact) mass is 394 g/mol. The second-order valence-corrected chi connectivity index (χ2v) is 8.05. The summed E-state index contributed by atoms with van der Waals surface area (Å²) in [5.74, 6) is 0. The van der Waals surface area contributed by atoms with Crippen molar-refractivity contribution in [2.45, 2.75) is 6.92 Å². The molecular formula is C23H14N4OS. The molecule has 0 aliphatic rings. The van der Waals surface area contributed by atoms with E-state index in [1.165, 1.54) is 10.9 Å². The molecule has 0 aliphatic heterocycles. The van der Waals surface area contributed by atoms with Crippen LogP contribution < -0.4 is 5.43 Å². The van der Waals surface area contributed by atoms with Crippen LogP contribution in [0.5, 0.6) is 0 Å². The number of hydrogen-bond acceptors (Lipinski definition) is 5. The van der Waals surface area contributed by atoms with E-state index in [-0.39, 0.29) is 11.1 Å². The number of nitrogens with one attached hydrogen (secondary N) is 1. The molecular weight excluding hydrogens is 380 g/mol. The molecule has 1 N–H and O–H groups in total. The smallest absolute Gasteiger partial charge is 0.192 e. The Hall–Kier alpha value is -3.82. The summed E-state index contributed by atoms with van der Waals surface area (Å²) in [6.45, 7) is 2.05. The molecule has 0 aliphatic carbocycles. The highest BCUT2D eigenvalue weighted by Gasteiger charge is 2.15. The van der Waals surface area contributed by atoms with Crippen molar-refractivity contribution in [1.82, 2.24) is 15.0 Å². The Balaban J connectivity index is 1.85. The topological polar surface area (TPSA) is 82.4 Å². The van der Waals surface area contributed by atoms with E-state index in [0.717, 1.165) is 32.6 Å². The second-order valence-electron chi connectivity index (χ2n) is 6.76. The van der Waals surface area contributed by atoms with Crippen LogP contribution in [0.1, 0.15) is 10.6 Å². The highest BCUT2D eigenvalue weighted by Crippen LogP contribution is 2.36. The van der Waals surface area contributed by atoms with Crippen LogP contribution >= 0.6 is 11.3 Å². The first kappa shape index (κ1) is 17.3. The molecule has 138 valence electrons. The minimum Gasteiger partial charge on any atom is -0.331 e. The van der Waals surface area contributed by atoms with Crippen molar-refractivity contribution in [3.05, 3.63) is 81.6 Å². The van der Waals surface area contributed by atoms with Crippen molar-refractivity contribution in [3.63, 3.8) is 0 Å². The normalized spacial score (nSPS) is 11.0. The number of H-pyrrole nitrogens is 1. The zero-order chi connectivity index (χ0) is 20.0. The summed E-state index contributed by atoms with van der Waals surface area (Å²) in [7, 11) is 0. The number of aromatic nitrogens is 3. The van der Waals surface area contributed by atoms with Crippen LogP contribution in [-0.4, -0.2) is 15.0 Å². The Kier molecular flexibility index (Phi) is 3.97. The molecule has 6 heteroatoms. The fourth-order valence-electron chi connectivity index (χ4n) is 3.44. The van der Waals surface area contributed by atoms with Gasteiger partial charge >= 0.3 is 0 Å². The third-order valence-electron chi connectivity index (χ3n) is 4.82. The molecule has 5 rings (SSSR count). The van der Waals surface area contributed by atoms with Gasteiger partial charge in [0, 0.05) is 28.1 Å². The summed E-state index contributed by atoms with van der Waals surface area (Å²) < 4.78 is 0. The molecule has 4 aromatic heterocycles. The van der Waals surface area contributed by atoms with Crippen LogP contribution in [0, 0.1) is 18.3 Å². The molecule has 0 radical (unpaired) electrons. The molecule has 0 saturated carbocycles. The molecule has 4 heterocycles. The van der Waals surface area contributed by atoms with E-state index in [1.54, 1.807) is 17.5 Å². The quantitative estimate of drug-likeness (QED) is 0.454. The highest BCUT2D eigenvalue weighted by atomic mass is 32.1. The molecule has 0 bridgehead atoms. The number of fused-ring (bicyclic) bond motifs is 2. The first-order chi connectivity index (χ1) is 14.1. The Labute approximate surface area is 169 Å². The van der Waals surface area contributed by atoms with Crippen molar-refractivity contribution < 1.29 is 0 Å². The molecule has 1 aromatic carbocycles. The lowest BCUT2D eigenvalue weighted by Crippen LogP contribution is -2.06. The number of benzene rings is 1. The molecule has 29 heavy (non-hydrogen) atoms. The molecule has 0 fully saturated rings. The third-order valence-corrected chi connectivity index (χ3v) is 5.83. The predicted octanol–water partition coefficient (Wildman–Crippen LogP) is 5.05. The first-order valence-corrected chi connectivity index (χ1v) is 9.84. The van der Waals surface area contributed by atoms with Crippen molar-refractivity contribution in [3.8, 4) is 27.8 Å². The number of nitrogens with zero attached hydrogens (tertiary/aromatic N) is 3. The minimum absolute atomic E-state index is 0.202.